The van der Waals surface area contributed by atoms with E-state index in [9.17, 15) is 4.79 Å². The van der Waals surface area contributed by atoms with Crippen LogP contribution >= 0.6 is 24.0 Å². The summed E-state index contributed by atoms with van der Waals surface area (Å²) in [5.41, 5.74) is 0. The Bertz CT molecular complexity index is 602. The minimum Gasteiger partial charge on any atom is -0.468 e. The highest BCUT2D eigenvalue weighted by atomic mass is 127. The zero-order chi connectivity index (χ0) is 18.9. The summed E-state index contributed by atoms with van der Waals surface area (Å²) in [6, 6.07) is 4.19. The average Bonchev–Trinajstić information content (AvgIpc) is 3.43. The van der Waals surface area contributed by atoms with E-state index in [1.54, 1.807) is 6.26 Å². The summed E-state index contributed by atoms with van der Waals surface area (Å²) in [6.45, 7) is 8.33. The third kappa shape index (κ3) is 6.65. The fourth-order valence-corrected chi connectivity index (χ4v) is 3.86. The third-order valence-electron chi connectivity index (χ3n) is 5.29. The van der Waals surface area contributed by atoms with Gasteiger partial charge in [-0.2, -0.15) is 0 Å². The van der Waals surface area contributed by atoms with E-state index in [-0.39, 0.29) is 30.0 Å². The number of likely N-dealkylation sites (tertiary alicyclic amines) is 2. The van der Waals surface area contributed by atoms with Crippen LogP contribution < -0.4 is 10.6 Å². The van der Waals surface area contributed by atoms with Crippen LogP contribution in [-0.2, 0) is 4.79 Å². The summed E-state index contributed by atoms with van der Waals surface area (Å²) in [5, 5.41) is 6.72. The lowest BCUT2D eigenvalue weighted by Crippen LogP contribution is -2.39. The topological polar surface area (TPSA) is 73.1 Å². The summed E-state index contributed by atoms with van der Waals surface area (Å²) in [6.07, 6.45) is 6.88. The molecular formula is C20H34IN5O2. The standard InChI is InChI=1S/C20H33N5O2.HI/c1-2-21-20(22-10-7-14-25-13-5-9-19(25)26)23-16-17(18-8-6-15-27-18)24-11-3-4-12-24;/h6,8,15,17H,2-5,7,9-14,16H2,1H3,(H2,21,22,23);1H. The van der Waals surface area contributed by atoms with E-state index in [2.05, 4.69) is 22.5 Å². The van der Waals surface area contributed by atoms with Gasteiger partial charge in [-0.1, -0.05) is 0 Å². The van der Waals surface area contributed by atoms with Crippen molar-refractivity contribution in [2.75, 3.05) is 45.8 Å². The molecule has 8 heteroatoms. The number of nitrogens with one attached hydrogen (secondary N) is 2. The Morgan fingerprint density at radius 2 is 2.07 bits per heavy atom. The Hall–Kier alpha value is -1.29. The fourth-order valence-electron chi connectivity index (χ4n) is 3.86. The van der Waals surface area contributed by atoms with Crippen molar-refractivity contribution in [1.29, 1.82) is 0 Å². The Morgan fingerprint density at radius 3 is 2.71 bits per heavy atom. The molecule has 2 aliphatic heterocycles. The molecule has 1 unspecified atom stereocenters. The number of hydrogen-bond donors (Lipinski definition) is 2. The van der Waals surface area contributed by atoms with Crippen molar-refractivity contribution in [2.45, 2.75) is 45.1 Å². The molecule has 2 N–H and O–H groups in total. The van der Waals surface area contributed by atoms with Gasteiger partial charge in [0.1, 0.15) is 5.76 Å². The van der Waals surface area contributed by atoms with E-state index in [4.69, 9.17) is 9.41 Å². The highest BCUT2D eigenvalue weighted by Gasteiger charge is 2.25. The molecule has 1 atom stereocenters. The number of carbonyl (C=O) groups excluding carboxylic acids is 1. The molecule has 1 aromatic heterocycles. The van der Waals surface area contributed by atoms with E-state index >= 15 is 0 Å². The third-order valence-corrected chi connectivity index (χ3v) is 5.29. The maximum Gasteiger partial charge on any atom is 0.222 e. The SMILES string of the molecule is CCNC(=NCC(c1ccco1)N1CCCC1)NCCCN1CCCC1=O.I. The van der Waals surface area contributed by atoms with Crippen LogP contribution in [0.5, 0.6) is 0 Å². The molecule has 2 fully saturated rings. The zero-order valence-corrected chi connectivity index (χ0v) is 19.2. The first-order chi connectivity index (χ1) is 13.3. The molecule has 158 valence electrons. The Balaban J connectivity index is 0.00000280. The average molecular weight is 503 g/mol. The molecule has 3 heterocycles. The molecule has 1 amide bonds. The molecular weight excluding hydrogens is 469 g/mol. The second-order valence-electron chi connectivity index (χ2n) is 7.26. The van der Waals surface area contributed by atoms with Crippen molar-refractivity contribution in [3.8, 4) is 0 Å². The first kappa shape index (κ1) is 23.0. The number of guanidine groups is 1. The molecule has 2 aliphatic rings. The van der Waals surface area contributed by atoms with Crippen molar-refractivity contribution in [3.63, 3.8) is 0 Å². The van der Waals surface area contributed by atoms with Crippen LogP contribution in [0, 0.1) is 0 Å². The van der Waals surface area contributed by atoms with Gasteiger partial charge in [-0.15, -0.1) is 24.0 Å². The summed E-state index contributed by atoms with van der Waals surface area (Å²) in [7, 11) is 0. The van der Waals surface area contributed by atoms with Gasteiger partial charge in [-0.25, -0.2) is 0 Å². The van der Waals surface area contributed by atoms with E-state index in [0.717, 1.165) is 63.8 Å². The number of rotatable bonds is 9. The monoisotopic (exact) mass is 503 g/mol. The van der Waals surface area contributed by atoms with Gasteiger partial charge in [0, 0.05) is 32.6 Å². The van der Waals surface area contributed by atoms with Crippen LogP contribution in [0.3, 0.4) is 0 Å². The number of carbonyl (C=O) groups is 1. The number of halogens is 1. The molecule has 2 saturated heterocycles. The largest absolute Gasteiger partial charge is 0.468 e. The maximum absolute atomic E-state index is 11.7. The first-order valence-electron chi connectivity index (χ1n) is 10.4. The molecule has 0 radical (unpaired) electrons. The van der Waals surface area contributed by atoms with Crippen LogP contribution in [0.4, 0.5) is 0 Å². The van der Waals surface area contributed by atoms with E-state index < -0.39 is 0 Å². The van der Waals surface area contributed by atoms with E-state index in [0.29, 0.717) is 18.9 Å². The zero-order valence-electron chi connectivity index (χ0n) is 16.9. The number of amides is 1. The quantitative estimate of drug-likeness (QED) is 0.235. The van der Waals surface area contributed by atoms with Gasteiger partial charge in [0.25, 0.3) is 0 Å². The lowest BCUT2D eigenvalue weighted by atomic mass is 10.2. The second-order valence-corrected chi connectivity index (χ2v) is 7.26. The summed E-state index contributed by atoms with van der Waals surface area (Å²) in [5.74, 6) is 2.12. The molecule has 0 saturated carbocycles. The van der Waals surface area contributed by atoms with Crippen molar-refractivity contribution in [1.82, 2.24) is 20.4 Å². The minimum absolute atomic E-state index is 0. The predicted octanol–water partition coefficient (Wildman–Crippen LogP) is 2.60. The van der Waals surface area contributed by atoms with Crippen molar-refractivity contribution in [3.05, 3.63) is 24.2 Å². The van der Waals surface area contributed by atoms with E-state index in [1.165, 1.54) is 12.8 Å². The van der Waals surface area contributed by atoms with Crippen LogP contribution in [-0.4, -0.2) is 67.5 Å². The number of nitrogens with zero attached hydrogens (tertiary/aromatic N) is 3. The number of aliphatic imine (C=N–C) groups is 1. The van der Waals surface area contributed by atoms with Crippen LogP contribution in [0.1, 0.15) is 50.8 Å². The van der Waals surface area contributed by atoms with Crippen molar-refractivity contribution in [2.24, 2.45) is 4.99 Å². The minimum atomic E-state index is 0. The summed E-state index contributed by atoms with van der Waals surface area (Å²) >= 11 is 0. The predicted molar refractivity (Wildman–Crippen MR) is 122 cm³/mol. The van der Waals surface area contributed by atoms with Gasteiger partial charge in [-0.05, 0) is 57.8 Å². The first-order valence-corrected chi connectivity index (χ1v) is 10.4. The van der Waals surface area contributed by atoms with Gasteiger partial charge in [-0.3, -0.25) is 14.7 Å². The van der Waals surface area contributed by atoms with Crippen molar-refractivity contribution < 1.29 is 9.21 Å². The molecule has 0 spiro atoms. The van der Waals surface area contributed by atoms with Crippen LogP contribution in [0.15, 0.2) is 27.8 Å². The van der Waals surface area contributed by atoms with Gasteiger partial charge >= 0.3 is 0 Å². The lowest BCUT2D eigenvalue weighted by molar-refractivity contribution is -0.127. The molecule has 3 rings (SSSR count). The normalized spacial score (nSPS) is 19.0. The number of hydrogen-bond acceptors (Lipinski definition) is 4. The summed E-state index contributed by atoms with van der Waals surface area (Å²) in [4.78, 5) is 20.9. The van der Waals surface area contributed by atoms with Gasteiger partial charge in [0.15, 0.2) is 5.96 Å². The van der Waals surface area contributed by atoms with Crippen molar-refractivity contribution >= 4 is 35.8 Å². The fraction of sp³-hybridized carbons (Fsp3) is 0.700. The molecule has 0 aliphatic carbocycles. The Labute approximate surface area is 185 Å². The molecule has 1 aromatic rings. The maximum atomic E-state index is 11.7. The lowest BCUT2D eigenvalue weighted by Gasteiger charge is -2.24. The van der Waals surface area contributed by atoms with E-state index in [1.807, 2.05) is 17.0 Å². The highest BCUT2D eigenvalue weighted by molar-refractivity contribution is 14.0. The van der Waals surface area contributed by atoms with Gasteiger partial charge < -0.3 is 20.0 Å². The van der Waals surface area contributed by atoms with Crippen LogP contribution in [0.25, 0.3) is 0 Å². The second kappa shape index (κ2) is 12.3. The number of furan rings is 1. The summed E-state index contributed by atoms with van der Waals surface area (Å²) < 4.78 is 5.68. The smallest absolute Gasteiger partial charge is 0.222 e. The molecule has 0 aromatic carbocycles. The Morgan fingerprint density at radius 1 is 1.25 bits per heavy atom. The highest BCUT2D eigenvalue weighted by Crippen LogP contribution is 2.25. The van der Waals surface area contributed by atoms with Gasteiger partial charge in [0.05, 0.1) is 18.8 Å². The molecule has 7 nitrogen and oxygen atoms in total. The molecule has 0 bridgehead atoms. The Kier molecular flexibility index (Phi) is 10.1. The van der Waals surface area contributed by atoms with Crippen LogP contribution in [0.2, 0.25) is 0 Å². The van der Waals surface area contributed by atoms with Gasteiger partial charge in [0.2, 0.25) is 5.91 Å². The molecule has 28 heavy (non-hydrogen) atoms.